The third kappa shape index (κ3) is 5.51. The maximum Gasteiger partial charge on any atom is 0.338 e. The van der Waals surface area contributed by atoms with Crippen molar-refractivity contribution in [1.29, 1.82) is 0 Å². The van der Waals surface area contributed by atoms with Gasteiger partial charge in [0.15, 0.2) is 6.61 Å². The molecule has 0 aliphatic heterocycles. The number of rotatable bonds is 8. The Labute approximate surface area is 181 Å². The molecule has 2 aromatic carbocycles. The van der Waals surface area contributed by atoms with Crippen LogP contribution in [-0.4, -0.2) is 29.7 Å². The molecule has 162 valence electrons. The van der Waals surface area contributed by atoms with E-state index < -0.39 is 5.97 Å². The summed E-state index contributed by atoms with van der Waals surface area (Å²) in [4.78, 5) is 26.6. The van der Waals surface area contributed by atoms with Gasteiger partial charge in [-0.05, 0) is 64.1 Å². The number of aryl methyl sites for hydroxylation is 2. The van der Waals surface area contributed by atoms with Crippen LogP contribution >= 0.6 is 0 Å². The summed E-state index contributed by atoms with van der Waals surface area (Å²) in [7, 11) is 0. The molecule has 0 atom stereocenters. The van der Waals surface area contributed by atoms with E-state index in [1.54, 1.807) is 29.2 Å². The topological polar surface area (TPSA) is 81.9 Å². The largest absolute Gasteiger partial charge is 0.489 e. The molecule has 7 heteroatoms. The summed E-state index contributed by atoms with van der Waals surface area (Å²) in [5, 5.41) is 3.90. The number of amides is 1. The Hall–Kier alpha value is -3.61. The Morgan fingerprint density at radius 3 is 2.29 bits per heavy atom. The van der Waals surface area contributed by atoms with E-state index in [1.807, 2.05) is 58.0 Å². The summed E-state index contributed by atoms with van der Waals surface area (Å²) in [5.74, 6) is 0.465. The minimum Gasteiger partial charge on any atom is -0.489 e. The quantitative estimate of drug-likeness (QED) is 0.498. The fourth-order valence-corrected chi connectivity index (χ4v) is 3.15. The summed E-state index contributed by atoms with van der Waals surface area (Å²) in [6.07, 6.45) is 0. The molecule has 0 radical (unpaired) electrons. The number of para-hydroxylation sites is 1. The van der Waals surface area contributed by atoms with Crippen molar-refractivity contribution < 1.29 is 23.6 Å². The smallest absolute Gasteiger partial charge is 0.338 e. The van der Waals surface area contributed by atoms with E-state index in [9.17, 15) is 9.59 Å². The van der Waals surface area contributed by atoms with E-state index >= 15 is 0 Å². The molecule has 1 amide bonds. The first-order valence-electron chi connectivity index (χ1n) is 10.1. The SMILES string of the molecule is Cc1noc(C)c1COc1ccc(C(=O)OCC(=O)N(c2ccccc2)C(C)C)cc1. The second-order valence-electron chi connectivity index (χ2n) is 7.38. The van der Waals surface area contributed by atoms with Gasteiger partial charge in [0.1, 0.15) is 18.1 Å². The van der Waals surface area contributed by atoms with Crippen LogP contribution in [0.4, 0.5) is 5.69 Å². The van der Waals surface area contributed by atoms with Crippen molar-refractivity contribution >= 4 is 17.6 Å². The van der Waals surface area contributed by atoms with Gasteiger partial charge in [-0.1, -0.05) is 23.4 Å². The molecular formula is C24H26N2O5. The number of aromatic nitrogens is 1. The van der Waals surface area contributed by atoms with E-state index in [2.05, 4.69) is 5.16 Å². The number of ether oxygens (including phenoxy) is 2. The van der Waals surface area contributed by atoms with E-state index in [0.717, 1.165) is 16.9 Å². The van der Waals surface area contributed by atoms with Crippen molar-refractivity contribution in [1.82, 2.24) is 5.16 Å². The number of hydrogen-bond acceptors (Lipinski definition) is 6. The molecule has 31 heavy (non-hydrogen) atoms. The number of esters is 1. The Bertz CT molecular complexity index is 1010. The zero-order chi connectivity index (χ0) is 22.4. The van der Waals surface area contributed by atoms with Crippen LogP contribution in [0.5, 0.6) is 5.75 Å². The van der Waals surface area contributed by atoms with Crippen LogP contribution in [0.1, 0.15) is 41.2 Å². The molecule has 0 saturated heterocycles. The second-order valence-corrected chi connectivity index (χ2v) is 7.38. The van der Waals surface area contributed by atoms with Crippen LogP contribution in [0.15, 0.2) is 59.1 Å². The molecule has 3 aromatic rings. The van der Waals surface area contributed by atoms with Gasteiger partial charge in [0.2, 0.25) is 0 Å². The lowest BCUT2D eigenvalue weighted by molar-refractivity contribution is -0.122. The molecule has 7 nitrogen and oxygen atoms in total. The van der Waals surface area contributed by atoms with Gasteiger partial charge < -0.3 is 18.9 Å². The maximum atomic E-state index is 12.6. The number of hydrogen-bond donors (Lipinski definition) is 0. The molecule has 0 saturated carbocycles. The number of anilines is 1. The molecule has 0 unspecified atom stereocenters. The van der Waals surface area contributed by atoms with Crippen molar-refractivity contribution in [3.8, 4) is 5.75 Å². The third-order valence-corrected chi connectivity index (χ3v) is 4.80. The standard InChI is InChI=1S/C24H26N2O5/c1-16(2)26(20-8-6-5-7-9-20)23(27)15-30-24(28)19-10-12-21(13-11-19)29-14-22-17(3)25-31-18(22)4/h5-13,16H,14-15H2,1-4H3. The van der Waals surface area contributed by atoms with Gasteiger partial charge in [0, 0.05) is 11.7 Å². The van der Waals surface area contributed by atoms with Gasteiger partial charge in [-0.2, -0.15) is 0 Å². The zero-order valence-corrected chi connectivity index (χ0v) is 18.1. The van der Waals surface area contributed by atoms with Crippen molar-refractivity contribution in [3.05, 3.63) is 77.2 Å². The molecule has 1 aromatic heterocycles. The van der Waals surface area contributed by atoms with Crippen LogP contribution in [0.2, 0.25) is 0 Å². The highest BCUT2D eigenvalue weighted by Gasteiger charge is 2.21. The number of benzene rings is 2. The highest BCUT2D eigenvalue weighted by Crippen LogP contribution is 2.19. The van der Waals surface area contributed by atoms with Gasteiger partial charge in [0.25, 0.3) is 5.91 Å². The number of carbonyl (C=O) groups is 2. The van der Waals surface area contributed by atoms with Crippen molar-refractivity contribution in [2.75, 3.05) is 11.5 Å². The molecule has 1 heterocycles. The molecule has 0 fully saturated rings. The first-order valence-corrected chi connectivity index (χ1v) is 10.1. The molecular weight excluding hydrogens is 396 g/mol. The third-order valence-electron chi connectivity index (χ3n) is 4.80. The molecule has 0 aliphatic rings. The Morgan fingerprint density at radius 1 is 1.03 bits per heavy atom. The average Bonchev–Trinajstić information content (AvgIpc) is 3.09. The van der Waals surface area contributed by atoms with Gasteiger partial charge in [-0.25, -0.2) is 4.79 Å². The average molecular weight is 422 g/mol. The van der Waals surface area contributed by atoms with Crippen molar-refractivity contribution in [3.63, 3.8) is 0 Å². The fraction of sp³-hybridized carbons (Fsp3) is 0.292. The highest BCUT2D eigenvalue weighted by molar-refractivity contribution is 5.97. The van der Waals surface area contributed by atoms with Crippen LogP contribution in [-0.2, 0) is 16.1 Å². The van der Waals surface area contributed by atoms with Gasteiger partial charge in [0.05, 0.1) is 16.8 Å². The van der Waals surface area contributed by atoms with Crippen molar-refractivity contribution in [2.45, 2.75) is 40.3 Å². The van der Waals surface area contributed by atoms with Crippen LogP contribution in [0, 0.1) is 13.8 Å². The predicted molar refractivity (Wildman–Crippen MR) is 116 cm³/mol. The first-order chi connectivity index (χ1) is 14.9. The van der Waals surface area contributed by atoms with Gasteiger partial charge in [-0.15, -0.1) is 0 Å². The first kappa shape index (κ1) is 22.1. The minimum atomic E-state index is -0.567. The van der Waals surface area contributed by atoms with Crippen LogP contribution in [0.3, 0.4) is 0 Å². The lowest BCUT2D eigenvalue weighted by Gasteiger charge is -2.26. The molecule has 0 spiro atoms. The van der Waals surface area contributed by atoms with E-state index in [-0.39, 0.29) is 18.6 Å². The monoisotopic (exact) mass is 422 g/mol. The van der Waals surface area contributed by atoms with Gasteiger partial charge >= 0.3 is 5.97 Å². The molecule has 0 aliphatic carbocycles. The zero-order valence-electron chi connectivity index (χ0n) is 18.1. The lowest BCUT2D eigenvalue weighted by atomic mass is 10.2. The predicted octanol–water partition coefficient (Wildman–Crippen LogP) is 4.47. The van der Waals surface area contributed by atoms with Crippen LogP contribution < -0.4 is 9.64 Å². The Morgan fingerprint density at radius 2 is 1.71 bits per heavy atom. The minimum absolute atomic E-state index is 0.0669. The lowest BCUT2D eigenvalue weighted by Crippen LogP contribution is -2.39. The summed E-state index contributed by atoms with van der Waals surface area (Å²) >= 11 is 0. The van der Waals surface area contributed by atoms with Crippen LogP contribution in [0.25, 0.3) is 0 Å². The summed E-state index contributed by atoms with van der Waals surface area (Å²) < 4.78 is 16.1. The highest BCUT2D eigenvalue weighted by atomic mass is 16.5. The van der Waals surface area contributed by atoms with Gasteiger partial charge in [-0.3, -0.25) is 4.79 Å². The number of carbonyl (C=O) groups excluding carboxylic acids is 2. The number of nitrogens with zero attached hydrogens (tertiary/aromatic N) is 2. The maximum absolute atomic E-state index is 12.6. The second kappa shape index (κ2) is 9.93. The summed E-state index contributed by atoms with van der Waals surface area (Å²) in [6, 6.07) is 15.8. The molecule has 3 rings (SSSR count). The summed E-state index contributed by atoms with van der Waals surface area (Å²) in [6.45, 7) is 7.49. The summed E-state index contributed by atoms with van der Waals surface area (Å²) in [5.41, 5.74) is 2.79. The molecule has 0 bridgehead atoms. The van der Waals surface area contributed by atoms with E-state index in [1.165, 1.54) is 0 Å². The Balaban J connectivity index is 1.56. The molecule has 0 N–H and O–H groups in total. The van der Waals surface area contributed by atoms with E-state index in [0.29, 0.717) is 23.7 Å². The normalized spacial score (nSPS) is 10.7. The van der Waals surface area contributed by atoms with Crippen molar-refractivity contribution in [2.24, 2.45) is 0 Å². The fourth-order valence-electron chi connectivity index (χ4n) is 3.15. The van der Waals surface area contributed by atoms with E-state index in [4.69, 9.17) is 14.0 Å². The Kier molecular flexibility index (Phi) is 7.07.